The number of piperazine rings is 1. The van der Waals surface area contributed by atoms with Crippen molar-refractivity contribution in [2.24, 2.45) is 0 Å². The van der Waals surface area contributed by atoms with Gasteiger partial charge in [0.15, 0.2) is 0 Å². The van der Waals surface area contributed by atoms with Crippen molar-refractivity contribution in [3.8, 4) is 0 Å². The summed E-state index contributed by atoms with van der Waals surface area (Å²) in [4.78, 5) is 13.4. The lowest BCUT2D eigenvalue weighted by Crippen LogP contribution is -2.44. The van der Waals surface area contributed by atoms with E-state index in [0.717, 1.165) is 26.2 Å². The Bertz CT molecular complexity index is 391. The summed E-state index contributed by atoms with van der Waals surface area (Å²) in [5.74, 6) is 0. The van der Waals surface area contributed by atoms with Gasteiger partial charge in [-0.2, -0.15) is 0 Å². The Labute approximate surface area is 131 Å². The summed E-state index contributed by atoms with van der Waals surface area (Å²) >= 11 is 5.43. The Morgan fingerprint density at radius 2 is 1.74 bits per heavy atom. The zero-order valence-corrected chi connectivity index (χ0v) is 13.2. The van der Waals surface area contributed by atoms with Crippen LogP contribution in [0.15, 0.2) is 24.3 Å². The number of nitrogens with one attached hydrogen (secondary N) is 1. The SMILES string of the molecule is CC(c1ccc(C(=O)Cl)cc1)N1CCNCC1.Cl.Cl. The first kappa shape index (κ1) is 18.7. The van der Waals surface area contributed by atoms with E-state index in [1.54, 1.807) is 12.1 Å². The molecule has 1 aromatic carbocycles. The molecule has 6 heteroatoms. The molecule has 19 heavy (non-hydrogen) atoms. The second-order valence-electron chi connectivity index (χ2n) is 4.36. The number of benzene rings is 1. The van der Waals surface area contributed by atoms with Gasteiger partial charge in [-0.15, -0.1) is 24.8 Å². The molecule has 1 fully saturated rings. The van der Waals surface area contributed by atoms with Crippen molar-refractivity contribution in [1.82, 2.24) is 10.2 Å². The highest BCUT2D eigenvalue weighted by atomic mass is 35.5. The number of rotatable bonds is 3. The molecule has 1 atom stereocenters. The first-order chi connectivity index (χ1) is 8.18. The molecule has 1 aromatic rings. The van der Waals surface area contributed by atoms with E-state index in [1.165, 1.54) is 5.56 Å². The minimum Gasteiger partial charge on any atom is -0.314 e. The molecule has 0 saturated carbocycles. The van der Waals surface area contributed by atoms with Crippen molar-refractivity contribution in [2.75, 3.05) is 26.2 Å². The predicted molar refractivity (Wildman–Crippen MR) is 84.0 cm³/mol. The molecule has 0 aromatic heterocycles. The molecule has 1 unspecified atom stereocenters. The molecular weight excluding hydrogens is 307 g/mol. The first-order valence-corrected chi connectivity index (χ1v) is 6.31. The van der Waals surface area contributed by atoms with Crippen LogP contribution in [0.1, 0.15) is 28.9 Å². The van der Waals surface area contributed by atoms with Crippen LogP contribution >= 0.6 is 36.4 Å². The molecule has 0 spiro atoms. The number of carbonyl (C=O) groups is 1. The number of hydrogen-bond acceptors (Lipinski definition) is 3. The fourth-order valence-electron chi connectivity index (χ4n) is 2.17. The lowest BCUT2D eigenvalue weighted by molar-refractivity contribution is 0.108. The zero-order chi connectivity index (χ0) is 12.3. The summed E-state index contributed by atoms with van der Waals surface area (Å²) in [7, 11) is 0. The van der Waals surface area contributed by atoms with Crippen molar-refractivity contribution in [1.29, 1.82) is 0 Å². The summed E-state index contributed by atoms with van der Waals surface area (Å²) in [6, 6.07) is 7.95. The zero-order valence-electron chi connectivity index (χ0n) is 10.8. The fraction of sp³-hybridized carbons (Fsp3) is 0.462. The van der Waals surface area contributed by atoms with Crippen molar-refractivity contribution in [2.45, 2.75) is 13.0 Å². The number of hydrogen-bond donors (Lipinski definition) is 1. The van der Waals surface area contributed by atoms with Crippen LogP contribution in [0.2, 0.25) is 0 Å². The van der Waals surface area contributed by atoms with E-state index in [-0.39, 0.29) is 24.8 Å². The number of carbonyl (C=O) groups excluding carboxylic acids is 1. The number of halogens is 3. The molecule has 3 nitrogen and oxygen atoms in total. The highest BCUT2D eigenvalue weighted by molar-refractivity contribution is 6.67. The summed E-state index contributed by atoms with van der Waals surface area (Å²) < 4.78 is 0. The maximum Gasteiger partial charge on any atom is 0.252 e. The molecular formula is C13H19Cl3N2O. The minimum atomic E-state index is -0.397. The molecule has 0 bridgehead atoms. The van der Waals surface area contributed by atoms with Gasteiger partial charge in [-0.05, 0) is 36.2 Å². The third kappa shape index (κ3) is 4.93. The molecule has 1 aliphatic heterocycles. The van der Waals surface area contributed by atoms with Gasteiger partial charge in [0.25, 0.3) is 5.24 Å². The molecule has 1 N–H and O–H groups in total. The van der Waals surface area contributed by atoms with Crippen molar-refractivity contribution in [3.05, 3.63) is 35.4 Å². The van der Waals surface area contributed by atoms with Crippen LogP contribution in [0.25, 0.3) is 0 Å². The fourth-order valence-corrected chi connectivity index (χ4v) is 2.30. The lowest BCUT2D eigenvalue weighted by Gasteiger charge is -2.33. The third-order valence-electron chi connectivity index (χ3n) is 3.32. The minimum absolute atomic E-state index is 0. The Kier molecular flexibility index (Phi) is 8.62. The first-order valence-electron chi connectivity index (χ1n) is 5.93. The van der Waals surface area contributed by atoms with Crippen LogP contribution in [0.4, 0.5) is 0 Å². The molecule has 2 rings (SSSR count). The van der Waals surface area contributed by atoms with Crippen molar-refractivity contribution < 1.29 is 4.79 Å². The van der Waals surface area contributed by atoms with Crippen LogP contribution in [0, 0.1) is 0 Å². The van der Waals surface area contributed by atoms with Crippen LogP contribution in [0.5, 0.6) is 0 Å². The van der Waals surface area contributed by atoms with E-state index in [4.69, 9.17) is 11.6 Å². The second kappa shape index (κ2) is 8.77. The van der Waals surface area contributed by atoms with Gasteiger partial charge in [-0.1, -0.05) is 12.1 Å². The maximum atomic E-state index is 11.0. The van der Waals surface area contributed by atoms with Crippen LogP contribution in [0.3, 0.4) is 0 Å². The summed E-state index contributed by atoms with van der Waals surface area (Å²) in [6.07, 6.45) is 0. The van der Waals surface area contributed by atoms with Gasteiger partial charge >= 0.3 is 0 Å². The van der Waals surface area contributed by atoms with Gasteiger partial charge in [-0.25, -0.2) is 0 Å². The average molecular weight is 326 g/mol. The van der Waals surface area contributed by atoms with E-state index in [9.17, 15) is 4.79 Å². The van der Waals surface area contributed by atoms with E-state index in [2.05, 4.69) is 17.1 Å². The Balaban J connectivity index is 0.00000162. The van der Waals surface area contributed by atoms with Crippen LogP contribution in [-0.2, 0) is 0 Å². The Morgan fingerprint density at radius 3 is 2.21 bits per heavy atom. The smallest absolute Gasteiger partial charge is 0.252 e. The molecule has 1 heterocycles. The Hall–Kier alpha value is -0.320. The Morgan fingerprint density at radius 1 is 1.21 bits per heavy atom. The van der Waals surface area contributed by atoms with Crippen molar-refractivity contribution in [3.63, 3.8) is 0 Å². The van der Waals surface area contributed by atoms with Gasteiger partial charge in [0.1, 0.15) is 0 Å². The molecule has 108 valence electrons. The number of nitrogens with zero attached hydrogens (tertiary/aromatic N) is 1. The molecule has 0 amide bonds. The highest BCUT2D eigenvalue weighted by Gasteiger charge is 2.17. The van der Waals surface area contributed by atoms with Gasteiger partial charge in [0.05, 0.1) is 0 Å². The van der Waals surface area contributed by atoms with E-state index < -0.39 is 5.24 Å². The molecule has 0 aliphatic carbocycles. The average Bonchev–Trinajstić information content (AvgIpc) is 2.39. The highest BCUT2D eigenvalue weighted by Crippen LogP contribution is 2.21. The third-order valence-corrected chi connectivity index (χ3v) is 3.54. The quantitative estimate of drug-likeness (QED) is 0.867. The molecule has 1 saturated heterocycles. The normalized spacial score (nSPS) is 16.9. The van der Waals surface area contributed by atoms with E-state index >= 15 is 0 Å². The van der Waals surface area contributed by atoms with Crippen LogP contribution in [-0.4, -0.2) is 36.3 Å². The maximum absolute atomic E-state index is 11.0. The van der Waals surface area contributed by atoms with Crippen LogP contribution < -0.4 is 5.32 Å². The van der Waals surface area contributed by atoms with Gasteiger partial charge in [-0.3, -0.25) is 9.69 Å². The summed E-state index contributed by atoms with van der Waals surface area (Å²) in [6.45, 7) is 6.42. The standard InChI is InChI=1S/C13H17ClN2O.2ClH/c1-10(16-8-6-15-7-9-16)11-2-4-12(5-3-11)13(14)17;;/h2-5,10,15H,6-9H2,1H3;2*1H. The lowest BCUT2D eigenvalue weighted by atomic mass is 10.0. The van der Waals surface area contributed by atoms with Gasteiger partial charge in [0.2, 0.25) is 0 Å². The summed E-state index contributed by atoms with van der Waals surface area (Å²) in [5.41, 5.74) is 1.79. The van der Waals surface area contributed by atoms with Gasteiger partial charge < -0.3 is 5.32 Å². The largest absolute Gasteiger partial charge is 0.314 e. The van der Waals surface area contributed by atoms with Crippen molar-refractivity contribution >= 4 is 41.7 Å². The predicted octanol–water partition coefficient (Wildman–Crippen LogP) is 2.88. The van der Waals surface area contributed by atoms with E-state index in [0.29, 0.717) is 11.6 Å². The molecule has 0 radical (unpaired) electrons. The summed E-state index contributed by atoms with van der Waals surface area (Å²) in [5, 5.41) is 2.94. The van der Waals surface area contributed by atoms with E-state index in [1.807, 2.05) is 12.1 Å². The second-order valence-corrected chi connectivity index (χ2v) is 4.70. The molecule has 1 aliphatic rings. The monoisotopic (exact) mass is 324 g/mol. The topological polar surface area (TPSA) is 32.3 Å². The van der Waals surface area contributed by atoms with Gasteiger partial charge in [0, 0.05) is 37.8 Å².